The fourth-order valence-corrected chi connectivity index (χ4v) is 13.0. The van der Waals surface area contributed by atoms with Crippen LogP contribution in [-0.4, -0.2) is 0 Å². The molecule has 1 spiro atoms. The van der Waals surface area contributed by atoms with Crippen molar-refractivity contribution in [2.24, 2.45) is 23.7 Å². The van der Waals surface area contributed by atoms with Crippen LogP contribution in [-0.2, 0) is 5.41 Å². The number of hydrogen-bond acceptors (Lipinski definition) is 2. The molecule has 260 valence electrons. The topological polar surface area (TPSA) is 3.24 Å². The van der Waals surface area contributed by atoms with E-state index in [2.05, 4.69) is 169 Å². The second-order valence-corrected chi connectivity index (χ2v) is 17.6. The monoisotopic (exact) mass is 711 g/mol. The molecule has 0 atom stereocenters. The molecular formula is C52H41NS. The fraction of sp³-hybridized carbons (Fsp3) is 0.192. The van der Waals surface area contributed by atoms with Gasteiger partial charge in [0.2, 0.25) is 0 Å². The molecule has 4 fully saturated rings. The summed E-state index contributed by atoms with van der Waals surface area (Å²) in [7, 11) is 0. The summed E-state index contributed by atoms with van der Waals surface area (Å²) < 4.78 is 2.65. The van der Waals surface area contributed by atoms with Crippen LogP contribution < -0.4 is 4.90 Å². The minimum Gasteiger partial charge on any atom is -0.310 e. The summed E-state index contributed by atoms with van der Waals surface area (Å²) in [4.78, 5) is 2.42. The van der Waals surface area contributed by atoms with Gasteiger partial charge in [-0.25, -0.2) is 0 Å². The molecule has 54 heavy (non-hydrogen) atoms. The Bertz CT molecular complexity index is 2690. The van der Waals surface area contributed by atoms with Gasteiger partial charge in [-0.3, -0.25) is 0 Å². The molecule has 5 aliphatic rings. The predicted molar refractivity (Wildman–Crippen MR) is 228 cm³/mol. The number of hydrogen-bond donors (Lipinski definition) is 0. The highest BCUT2D eigenvalue weighted by Gasteiger charge is 2.61. The predicted octanol–water partition coefficient (Wildman–Crippen LogP) is 14.6. The average molecular weight is 712 g/mol. The molecule has 0 amide bonds. The van der Waals surface area contributed by atoms with Crippen molar-refractivity contribution in [2.45, 2.75) is 37.5 Å². The van der Waals surface area contributed by atoms with Crippen LogP contribution in [0.2, 0.25) is 0 Å². The third-order valence-electron chi connectivity index (χ3n) is 13.9. The number of benzene rings is 7. The quantitative estimate of drug-likeness (QED) is 0.172. The van der Waals surface area contributed by atoms with Crippen molar-refractivity contribution in [3.8, 4) is 33.4 Å². The van der Waals surface area contributed by atoms with Gasteiger partial charge in [-0.2, -0.15) is 0 Å². The molecule has 0 radical (unpaired) electrons. The molecule has 4 saturated carbocycles. The molecule has 1 aromatic heterocycles. The molecule has 8 aromatic rings. The second-order valence-electron chi connectivity index (χ2n) is 16.6. The summed E-state index contributed by atoms with van der Waals surface area (Å²) in [6.45, 7) is 0. The standard InChI is InChI=1S/C52H41NS/c1-2-8-35(9-3-1)36-14-19-41(20-15-36)53(43-23-25-47-46-11-5-7-13-50(46)54-51(47)32-43)42-21-16-37(17-22-42)38-18-24-45-44-10-4-6-12-48(44)52(49(45)31-38)39-27-33-26-34(29-39)30-40(52)28-33/h1-25,31-34,39-40H,26-30H2. The Balaban J connectivity index is 0.952. The van der Waals surface area contributed by atoms with E-state index >= 15 is 0 Å². The van der Waals surface area contributed by atoms with Crippen LogP contribution >= 0.6 is 11.3 Å². The van der Waals surface area contributed by atoms with Gasteiger partial charge in [0, 0.05) is 42.6 Å². The van der Waals surface area contributed by atoms with Crippen LogP contribution in [0, 0.1) is 23.7 Å². The Morgan fingerprint density at radius 3 is 1.70 bits per heavy atom. The summed E-state index contributed by atoms with van der Waals surface area (Å²) in [6.07, 6.45) is 7.13. The SMILES string of the molecule is c1ccc(-c2ccc(N(c3ccc(-c4ccc5c(c4)C4(c6ccccc6-5)C5CC6CC(C5)CC4C6)cc3)c3ccc4c(c3)sc3ccccc34)cc2)cc1. The van der Waals surface area contributed by atoms with Gasteiger partial charge in [-0.05, 0) is 149 Å². The van der Waals surface area contributed by atoms with Crippen LogP contribution in [0.4, 0.5) is 17.1 Å². The van der Waals surface area contributed by atoms with Crippen molar-refractivity contribution in [1.29, 1.82) is 0 Å². The lowest BCUT2D eigenvalue weighted by Crippen LogP contribution is -2.55. The normalized spacial score (nSPS) is 23.3. The van der Waals surface area contributed by atoms with Gasteiger partial charge in [-0.15, -0.1) is 11.3 Å². The highest BCUT2D eigenvalue weighted by Crippen LogP contribution is 2.69. The van der Waals surface area contributed by atoms with Crippen molar-refractivity contribution in [3.05, 3.63) is 175 Å². The molecule has 0 N–H and O–H groups in total. The van der Waals surface area contributed by atoms with E-state index < -0.39 is 0 Å². The van der Waals surface area contributed by atoms with Crippen LogP contribution in [0.15, 0.2) is 164 Å². The summed E-state index contributed by atoms with van der Waals surface area (Å²) in [5.74, 6) is 3.44. The molecular weight excluding hydrogens is 671 g/mol. The number of thiophene rings is 1. The van der Waals surface area contributed by atoms with E-state index in [1.54, 1.807) is 11.1 Å². The summed E-state index contributed by atoms with van der Waals surface area (Å²) in [6, 6.07) is 61.7. The molecule has 0 unspecified atom stereocenters. The van der Waals surface area contributed by atoms with Crippen molar-refractivity contribution in [3.63, 3.8) is 0 Å². The van der Waals surface area contributed by atoms with Crippen LogP contribution in [0.1, 0.15) is 43.2 Å². The Hall–Kier alpha value is -5.44. The lowest BCUT2D eigenvalue weighted by atomic mass is 9.43. The lowest BCUT2D eigenvalue weighted by molar-refractivity contribution is -0.0399. The van der Waals surface area contributed by atoms with Crippen molar-refractivity contribution >= 4 is 48.6 Å². The summed E-state index contributed by atoms with van der Waals surface area (Å²) in [5, 5.41) is 2.66. The van der Waals surface area contributed by atoms with Gasteiger partial charge in [0.15, 0.2) is 0 Å². The first-order valence-corrected chi connectivity index (χ1v) is 20.7. The Kier molecular flexibility index (Phi) is 6.75. The van der Waals surface area contributed by atoms with Gasteiger partial charge in [0.1, 0.15) is 0 Å². The number of nitrogens with zero attached hydrogens (tertiary/aromatic N) is 1. The Morgan fingerprint density at radius 1 is 0.407 bits per heavy atom. The van der Waals surface area contributed by atoms with E-state index in [1.807, 2.05) is 11.3 Å². The summed E-state index contributed by atoms with van der Waals surface area (Å²) >= 11 is 1.88. The van der Waals surface area contributed by atoms with E-state index in [-0.39, 0.29) is 5.41 Å². The van der Waals surface area contributed by atoms with E-state index in [9.17, 15) is 0 Å². The Morgan fingerprint density at radius 2 is 0.963 bits per heavy atom. The van der Waals surface area contributed by atoms with E-state index in [1.165, 1.54) is 91.3 Å². The van der Waals surface area contributed by atoms with Gasteiger partial charge >= 0.3 is 0 Å². The minimum absolute atomic E-state index is 0.184. The molecule has 4 bridgehead atoms. The highest BCUT2D eigenvalue weighted by atomic mass is 32.1. The van der Waals surface area contributed by atoms with E-state index in [0.717, 1.165) is 35.0 Å². The van der Waals surface area contributed by atoms with E-state index in [4.69, 9.17) is 0 Å². The minimum atomic E-state index is 0.184. The second kappa shape index (κ2) is 11.8. The molecule has 0 saturated heterocycles. The third kappa shape index (κ3) is 4.50. The molecule has 5 aliphatic carbocycles. The van der Waals surface area contributed by atoms with Crippen LogP contribution in [0.3, 0.4) is 0 Å². The van der Waals surface area contributed by atoms with E-state index in [0.29, 0.717) is 0 Å². The molecule has 13 rings (SSSR count). The largest absolute Gasteiger partial charge is 0.310 e. The molecule has 1 nitrogen and oxygen atoms in total. The van der Waals surface area contributed by atoms with Gasteiger partial charge < -0.3 is 4.90 Å². The number of anilines is 3. The van der Waals surface area contributed by atoms with Crippen molar-refractivity contribution < 1.29 is 0 Å². The lowest BCUT2D eigenvalue weighted by Gasteiger charge is -2.61. The Labute approximate surface area is 321 Å². The summed E-state index contributed by atoms with van der Waals surface area (Å²) in [5.41, 5.74) is 15.0. The van der Waals surface area contributed by atoms with Crippen LogP contribution in [0.5, 0.6) is 0 Å². The maximum Gasteiger partial charge on any atom is 0.0476 e. The fourth-order valence-electron chi connectivity index (χ4n) is 11.9. The molecule has 2 heteroatoms. The van der Waals surface area contributed by atoms with Crippen molar-refractivity contribution in [2.75, 3.05) is 4.90 Å². The van der Waals surface area contributed by atoms with Gasteiger partial charge in [-0.1, -0.05) is 115 Å². The first-order valence-electron chi connectivity index (χ1n) is 19.9. The first-order chi connectivity index (χ1) is 26.7. The van der Waals surface area contributed by atoms with Gasteiger partial charge in [0.05, 0.1) is 0 Å². The molecule has 0 aliphatic heterocycles. The van der Waals surface area contributed by atoms with Gasteiger partial charge in [0.25, 0.3) is 0 Å². The van der Waals surface area contributed by atoms with Crippen LogP contribution in [0.25, 0.3) is 53.6 Å². The van der Waals surface area contributed by atoms with Crippen molar-refractivity contribution in [1.82, 2.24) is 0 Å². The first kappa shape index (κ1) is 31.0. The zero-order chi connectivity index (χ0) is 35.4. The maximum atomic E-state index is 2.61. The molecule has 1 heterocycles. The average Bonchev–Trinajstić information content (AvgIpc) is 3.74. The molecule has 7 aromatic carbocycles. The third-order valence-corrected chi connectivity index (χ3v) is 15.0. The zero-order valence-corrected chi connectivity index (χ0v) is 31.1. The maximum absolute atomic E-state index is 2.61. The zero-order valence-electron chi connectivity index (χ0n) is 30.3. The smallest absolute Gasteiger partial charge is 0.0476 e. The highest BCUT2D eigenvalue weighted by molar-refractivity contribution is 7.25. The number of rotatable bonds is 5. The number of fused-ring (bicyclic) bond motifs is 6.